The number of nitro groups is 1. The maximum atomic E-state index is 12.7. The van der Waals surface area contributed by atoms with E-state index in [0.29, 0.717) is 0 Å². The first-order valence-electron chi connectivity index (χ1n) is 4.57. The van der Waals surface area contributed by atoms with Crippen molar-refractivity contribution < 1.29 is 39.7 Å². The van der Waals surface area contributed by atoms with Crippen LogP contribution >= 0.6 is 10.7 Å². The molecule has 13 heteroatoms. The van der Waals surface area contributed by atoms with E-state index in [4.69, 9.17) is 0 Å². The van der Waals surface area contributed by atoms with Gasteiger partial charge in [0.15, 0.2) is 5.56 Å². The zero-order chi connectivity index (χ0) is 16.8. The number of halogens is 7. The molecule has 0 heterocycles. The fraction of sp³-hybridized carbons (Fsp3) is 0.250. The number of benzene rings is 1. The Morgan fingerprint density at radius 1 is 1.05 bits per heavy atom. The van der Waals surface area contributed by atoms with Crippen LogP contribution < -0.4 is 0 Å². The van der Waals surface area contributed by atoms with Gasteiger partial charge in [0, 0.05) is 16.7 Å². The Labute approximate surface area is 116 Å². The average Bonchev–Trinajstić information content (AvgIpc) is 2.23. The normalized spacial score (nSPS) is 13.3. The number of alkyl halides is 6. The van der Waals surface area contributed by atoms with Gasteiger partial charge in [-0.2, -0.15) is 26.3 Å². The fourth-order valence-electron chi connectivity index (χ4n) is 1.39. The maximum Gasteiger partial charge on any atom is 0.424 e. The molecule has 0 atom stereocenters. The highest BCUT2D eigenvalue weighted by atomic mass is 35.7. The third kappa shape index (κ3) is 3.75. The first-order chi connectivity index (χ1) is 9.15. The summed E-state index contributed by atoms with van der Waals surface area (Å²) in [4.78, 5) is 6.72. The van der Waals surface area contributed by atoms with Gasteiger partial charge in [0.25, 0.3) is 14.7 Å². The fourth-order valence-corrected chi connectivity index (χ4v) is 2.48. The molecule has 0 bridgehead atoms. The first kappa shape index (κ1) is 17.5. The van der Waals surface area contributed by atoms with Crippen molar-refractivity contribution in [1.29, 1.82) is 0 Å². The zero-order valence-corrected chi connectivity index (χ0v) is 10.9. The lowest BCUT2D eigenvalue weighted by Crippen LogP contribution is -2.17. The largest absolute Gasteiger partial charge is 0.424 e. The van der Waals surface area contributed by atoms with Crippen LogP contribution in [0.1, 0.15) is 11.1 Å². The van der Waals surface area contributed by atoms with Crippen molar-refractivity contribution in [3.63, 3.8) is 0 Å². The summed E-state index contributed by atoms with van der Waals surface area (Å²) in [6.07, 6.45) is -10.9. The van der Waals surface area contributed by atoms with Gasteiger partial charge in [-0.1, -0.05) is 0 Å². The monoisotopic (exact) mass is 357 g/mol. The smallest absolute Gasteiger partial charge is 0.258 e. The summed E-state index contributed by atoms with van der Waals surface area (Å²) in [5.41, 5.74) is -6.37. The topological polar surface area (TPSA) is 77.3 Å². The van der Waals surface area contributed by atoms with Gasteiger partial charge in [-0.3, -0.25) is 10.1 Å². The Morgan fingerprint density at radius 2 is 1.52 bits per heavy atom. The van der Waals surface area contributed by atoms with E-state index in [9.17, 15) is 44.9 Å². The van der Waals surface area contributed by atoms with Crippen molar-refractivity contribution in [3.8, 4) is 0 Å². The van der Waals surface area contributed by atoms with Gasteiger partial charge in [0.1, 0.15) is 4.90 Å². The zero-order valence-electron chi connectivity index (χ0n) is 9.29. The lowest BCUT2D eigenvalue weighted by Gasteiger charge is -2.14. The minimum atomic E-state index is -5.59. The van der Waals surface area contributed by atoms with Crippen LogP contribution in [-0.4, -0.2) is 13.3 Å². The van der Waals surface area contributed by atoms with E-state index < -0.39 is 60.2 Å². The highest BCUT2D eigenvalue weighted by molar-refractivity contribution is 8.13. The van der Waals surface area contributed by atoms with E-state index in [-0.39, 0.29) is 0 Å². The summed E-state index contributed by atoms with van der Waals surface area (Å²) < 4.78 is 97.7. The molecular formula is C8H2ClF6NO4S. The van der Waals surface area contributed by atoms with Crippen molar-refractivity contribution in [3.05, 3.63) is 33.4 Å². The van der Waals surface area contributed by atoms with E-state index in [1.165, 1.54) is 0 Å². The highest BCUT2D eigenvalue weighted by Crippen LogP contribution is 2.44. The van der Waals surface area contributed by atoms with Gasteiger partial charge >= 0.3 is 12.4 Å². The van der Waals surface area contributed by atoms with Crippen molar-refractivity contribution in [2.45, 2.75) is 17.2 Å². The number of rotatable bonds is 2. The second-order valence-electron chi connectivity index (χ2n) is 3.56. The summed E-state index contributed by atoms with van der Waals surface area (Å²) >= 11 is 0. The Morgan fingerprint density at radius 3 is 1.81 bits per heavy atom. The van der Waals surface area contributed by atoms with E-state index in [1.54, 1.807) is 0 Å². The van der Waals surface area contributed by atoms with E-state index in [1.807, 2.05) is 0 Å². The van der Waals surface area contributed by atoms with Gasteiger partial charge in [-0.15, -0.1) is 0 Å². The number of hydrogen-bond donors (Lipinski definition) is 0. The molecule has 0 saturated carbocycles. The van der Waals surface area contributed by atoms with Crippen molar-refractivity contribution in [2.24, 2.45) is 0 Å². The second kappa shape index (κ2) is 5.02. The molecular weight excluding hydrogens is 356 g/mol. The second-order valence-corrected chi connectivity index (χ2v) is 6.09. The number of hydrogen-bond acceptors (Lipinski definition) is 4. The van der Waals surface area contributed by atoms with E-state index >= 15 is 0 Å². The predicted octanol–water partition coefficient (Wildman–Crippen LogP) is 3.56. The van der Waals surface area contributed by atoms with Crippen LogP contribution in [0.4, 0.5) is 32.0 Å². The average molecular weight is 358 g/mol. The quantitative estimate of drug-likeness (QED) is 0.351. The van der Waals surface area contributed by atoms with Gasteiger partial charge in [0.2, 0.25) is 0 Å². The molecule has 1 aromatic carbocycles. The van der Waals surface area contributed by atoms with E-state index in [0.717, 1.165) is 0 Å². The summed E-state index contributed by atoms with van der Waals surface area (Å²) in [5, 5.41) is 10.5. The number of nitro benzene ring substituents is 1. The molecule has 0 fully saturated rings. The standard InChI is InChI=1S/C8H2ClF6NO4S/c9-21(19,20)5-2-3(7(10,11)12)1-4(16(17)18)6(5)8(13,14)15/h1-2H. The Kier molecular flexibility index (Phi) is 4.18. The molecule has 0 aromatic heterocycles. The van der Waals surface area contributed by atoms with Crippen molar-refractivity contribution >= 4 is 25.4 Å². The molecule has 118 valence electrons. The Bertz CT molecular complexity index is 696. The molecule has 5 nitrogen and oxygen atoms in total. The van der Waals surface area contributed by atoms with Crippen molar-refractivity contribution in [1.82, 2.24) is 0 Å². The van der Waals surface area contributed by atoms with Crippen LogP contribution in [0.25, 0.3) is 0 Å². The molecule has 0 saturated heterocycles. The van der Waals surface area contributed by atoms with Crippen molar-refractivity contribution in [2.75, 3.05) is 0 Å². The maximum absolute atomic E-state index is 12.7. The van der Waals surface area contributed by atoms with Crippen LogP contribution in [0, 0.1) is 10.1 Å². The molecule has 0 radical (unpaired) electrons. The van der Waals surface area contributed by atoms with Crippen LogP contribution in [-0.2, 0) is 21.4 Å². The lowest BCUT2D eigenvalue weighted by atomic mass is 10.1. The summed E-state index contributed by atoms with van der Waals surface area (Å²) in [7, 11) is -0.657. The Balaban J connectivity index is 3.99. The van der Waals surface area contributed by atoms with Gasteiger partial charge in [-0.05, 0) is 6.07 Å². The summed E-state index contributed by atoms with van der Waals surface area (Å²) in [5.74, 6) is 0. The third-order valence-corrected chi connectivity index (χ3v) is 3.50. The molecule has 1 aromatic rings. The van der Waals surface area contributed by atoms with Gasteiger partial charge in [0.05, 0.1) is 10.5 Å². The van der Waals surface area contributed by atoms with E-state index in [2.05, 4.69) is 10.7 Å². The summed E-state index contributed by atoms with van der Waals surface area (Å²) in [6, 6.07) is -0.813. The highest BCUT2D eigenvalue weighted by Gasteiger charge is 2.46. The Hall–Kier alpha value is -1.56. The minimum Gasteiger partial charge on any atom is -0.258 e. The molecule has 0 aliphatic heterocycles. The van der Waals surface area contributed by atoms with Gasteiger partial charge < -0.3 is 0 Å². The van der Waals surface area contributed by atoms with Crippen LogP contribution in [0.3, 0.4) is 0 Å². The molecule has 0 aliphatic rings. The molecule has 0 aliphatic carbocycles. The first-order valence-corrected chi connectivity index (χ1v) is 6.88. The van der Waals surface area contributed by atoms with Crippen LogP contribution in [0.5, 0.6) is 0 Å². The van der Waals surface area contributed by atoms with Gasteiger partial charge in [-0.25, -0.2) is 8.42 Å². The predicted molar refractivity (Wildman–Crippen MR) is 56.1 cm³/mol. The van der Waals surface area contributed by atoms with Crippen LogP contribution in [0.2, 0.25) is 0 Å². The third-order valence-electron chi connectivity index (χ3n) is 2.15. The lowest BCUT2D eigenvalue weighted by molar-refractivity contribution is -0.388. The number of nitrogens with zero attached hydrogens (tertiary/aromatic N) is 1. The SMILES string of the molecule is O=[N+]([O-])c1cc(C(F)(F)F)cc(S(=O)(=O)Cl)c1C(F)(F)F. The van der Waals surface area contributed by atoms with Crippen LogP contribution in [0.15, 0.2) is 17.0 Å². The summed E-state index contributed by atoms with van der Waals surface area (Å²) in [6.45, 7) is 0. The molecule has 0 unspecified atom stereocenters. The molecule has 0 amide bonds. The molecule has 1 rings (SSSR count). The molecule has 0 spiro atoms. The molecule has 21 heavy (non-hydrogen) atoms. The molecule has 0 N–H and O–H groups in total. The minimum absolute atomic E-state index is 0.405.